The maximum atomic E-state index is 3.69. The molecule has 0 heterocycles. The molecule has 0 spiro atoms. The Kier molecular flexibility index (Phi) is 7.04. The number of rotatable bonds is 8. The zero-order valence-electron chi connectivity index (χ0n) is 12.5. The topological polar surface area (TPSA) is 12.0 Å². The van der Waals surface area contributed by atoms with Crippen LogP contribution in [0, 0.1) is 0 Å². The third-order valence-corrected chi connectivity index (χ3v) is 3.52. The normalized spacial score (nSPS) is 11.4. The molecule has 1 aromatic rings. The van der Waals surface area contributed by atoms with E-state index in [9.17, 15) is 0 Å². The van der Waals surface area contributed by atoms with E-state index in [-0.39, 0.29) is 0 Å². The zero-order valence-corrected chi connectivity index (χ0v) is 12.5. The molecule has 102 valence electrons. The summed E-state index contributed by atoms with van der Waals surface area (Å²) in [7, 11) is 0. The Morgan fingerprint density at radius 3 is 1.94 bits per heavy atom. The fourth-order valence-corrected chi connectivity index (χ4v) is 2.33. The highest BCUT2D eigenvalue weighted by Crippen LogP contribution is 2.15. The minimum atomic E-state index is 0.625. The van der Waals surface area contributed by atoms with Crippen molar-refractivity contribution in [3.8, 4) is 0 Å². The van der Waals surface area contributed by atoms with Crippen LogP contribution in [-0.2, 0) is 6.54 Å². The van der Waals surface area contributed by atoms with E-state index < -0.39 is 0 Å². The van der Waals surface area contributed by atoms with Gasteiger partial charge in [0.05, 0.1) is 0 Å². The Labute approximate surface area is 113 Å². The first-order valence-electron chi connectivity index (χ1n) is 7.49. The average molecular weight is 247 g/mol. The molecule has 0 radical (unpaired) electrons. The van der Waals surface area contributed by atoms with Crippen LogP contribution in [-0.4, -0.2) is 6.04 Å². The molecule has 1 N–H and O–H groups in total. The lowest BCUT2D eigenvalue weighted by atomic mass is 10.0. The lowest BCUT2D eigenvalue weighted by Gasteiger charge is -2.17. The second-order valence-corrected chi connectivity index (χ2v) is 5.55. The van der Waals surface area contributed by atoms with Gasteiger partial charge in [-0.05, 0) is 29.9 Å². The highest BCUT2D eigenvalue weighted by molar-refractivity contribution is 5.24. The van der Waals surface area contributed by atoms with Gasteiger partial charge in [0.2, 0.25) is 0 Å². The highest BCUT2D eigenvalue weighted by atomic mass is 14.9. The van der Waals surface area contributed by atoms with Crippen molar-refractivity contribution in [2.45, 2.75) is 71.9 Å². The third-order valence-electron chi connectivity index (χ3n) is 3.52. The summed E-state index contributed by atoms with van der Waals surface area (Å²) in [6.45, 7) is 10.0. The lowest BCUT2D eigenvalue weighted by Crippen LogP contribution is -2.28. The molecule has 0 aliphatic heterocycles. The van der Waals surface area contributed by atoms with Gasteiger partial charge in [0.1, 0.15) is 0 Å². The van der Waals surface area contributed by atoms with E-state index in [0.29, 0.717) is 12.0 Å². The van der Waals surface area contributed by atoms with Crippen molar-refractivity contribution in [2.24, 2.45) is 0 Å². The van der Waals surface area contributed by atoms with Crippen LogP contribution in [0.3, 0.4) is 0 Å². The molecule has 0 amide bonds. The Morgan fingerprint density at radius 1 is 0.944 bits per heavy atom. The second-order valence-electron chi connectivity index (χ2n) is 5.55. The molecule has 0 aliphatic rings. The van der Waals surface area contributed by atoms with E-state index in [4.69, 9.17) is 0 Å². The Balaban J connectivity index is 2.46. The quantitative estimate of drug-likeness (QED) is 0.691. The summed E-state index contributed by atoms with van der Waals surface area (Å²) in [5.74, 6) is 0.625. The van der Waals surface area contributed by atoms with Crippen LogP contribution in [0.1, 0.15) is 70.4 Å². The van der Waals surface area contributed by atoms with Gasteiger partial charge in [-0.1, -0.05) is 64.8 Å². The van der Waals surface area contributed by atoms with Gasteiger partial charge in [0.25, 0.3) is 0 Å². The fourth-order valence-electron chi connectivity index (χ4n) is 2.33. The lowest BCUT2D eigenvalue weighted by molar-refractivity contribution is 0.443. The molecule has 0 fully saturated rings. The Hall–Kier alpha value is -0.820. The molecule has 0 aromatic heterocycles. The minimum Gasteiger partial charge on any atom is -0.310 e. The van der Waals surface area contributed by atoms with Crippen molar-refractivity contribution < 1.29 is 0 Å². The first kappa shape index (κ1) is 15.2. The minimum absolute atomic E-state index is 0.625. The summed E-state index contributed by atoms with van der Waals surface area (Å²) in [5.41, 5.74) is 2.83. The smallest absolute Gasteiger partial charge is 0.0208 e. The highest BCUT2D eigenvalue weighted by Gasteiger charge is 2.06. The molecule has 18 heavy (non-hydrogen) atoms. The maximum absolute atomic E-state index is 3.69. The summed E-state index contributed by atoms with van der Waals surface area (Å²) in [6.07, 6.45) is 5.11. The standard InChI is InChI=1S/C17H29N/c1-5-7-17(8-6-2)18-13-15-9-11-16(12-10-15)14(3)4/h9-12,14,17-18H,5-8,13H2,1-4H3. The van der Waals surface area contributed by atoms with Gasteiger partial charge in [0.15, 0.2) is 0 Å². The van der Waals surface area contributed by atoms with Gasteiger partial charge in [-0.2, -0.15) is 0 Å². The van der Waals surface area contributed by atoms with E-state index >= 15 is 0 Å². The Bertz CT molecular complexity index is 307. The molecule has 0 saturated heterocycles. The molecule has 0 atom stereocenters. The van der Waals surface area contributed by atoms with Crippen LogP contribution in [0.25, 0.3) is 0 Å². The van der Waals surface area contributed by atoms with Crippen molar-refractivity contribution in [1.29, 1.82) is 0 Å². The first-order valence-corrected chi connectivity index (χ1v) is 7.49. The molecule has 1 heteroatoms. The van der Waals surface area contributed by atoms with Crippen molar-refractivity contribution in [1.82, 2.24) is 5.32 Å². The number of nitrogens with one attached hydrogen (secondary N) is 1. The van der Waals surface area contributed by atoms with E-state index in [1.54, 1.807) is 0 Å². The maximum Gasteiger partial charge on any atom is 0.0208 e. The number of benzene rings is 1. The van der Waals surface area contributed by atoms with Gasteiger partial charge in [0, 0.05) is 12.6 Å². The van der Waals surface area contributed by atoms with Crippen LogP contribution in [0.5, 0.6) is 0 Å². The Morgan fingerprint density at radius 2 is 1.50 bits per heavy atom. The predicted octanol–water partition coefficient (Wildman–Crippen LogP) is 4.87. The van der Waals surface area contributed by atoms with Crippen LogP contribution >= 0.6 is 0 Å². The SMILES string of the molecule is CCCC(CCC)NCc1ccc(C(C)C)cc1. The van der Waals surface area contributed by atoms with Gasteiger partial charge in [-0.15, -0.1) is 0 Å². The van der Waals surface area contributed by atoms with E-state index in [0.717, 1.165) is 6.54 Å². The third kappa shape index (κ3) is 5.22. The first-order chi connectivity index (χ1) is 8.67. The van der Waals surface area contributed by atoms with Gasteiger partial charge in [-0.25, -0.2) is 0 Å². The second kappa shape index (κ2) is 8.31. The van der Waals surface area contributed by atoms with Crippen molar-refractivity contribution in [3.05, 3.63) is 35.4 Å². The largest absolute Gasteiger partial charge is 0.310 e. The summed E-state index contributed by atoms with van der Waals surface area (Å²) >= 11 is 0. The predicted molar refractivity (Wildman–Crippen MR) is 81.0 cm³/mol. The van der Waals surface area contributed by atoms with Crippen LogP contribution in [0.4, 0.5) is 0 Å². The molecule has 0 saturated carbocycles. The average Bonchev–Trinajstić information content (AvgIpc) is 2.37. The van der Waals surface area contributed by atoms with Crippen molar-refractivity contribution in [2.75, 3.05) is 0 Å². The molecule has 1 aromatic carbocycles. The molecule has 1 nitrogen and oxygen atoms in total. The van der Waals surface area contributed by atoms with Crippen LogP contribution < -0.4 is 5.32 Å². The van der Waals surface area contributed by atoms with Gasteiger partial charge >= 0.3 is 0 Å². The summed E-state index contributed by atoms with van der Waals surface area (Å²) in [5, 5.41) is 3.69. The van der Waals surface area contributed by atoms with Gasteiger partial charge in [-0.3, -0.25) is 0 Å². The number of hydrogen-bond acceptors (Lipinski definition) is 1. The van der Waals surface area contributed by atoms with E-state index in [2.05, 4.69) is 57.3 Å². The molecule has 0 unspecified atom stereocenters. The summed E-state index contributed by atoms with van der Waals surface area (Å²) in [6, 6.07) is 9.73. The molecule has 0 aliphatic carbocycles. The monoisotopic (exact) mass is 247 g/mol. The molecular weight excluding hydrogens is 218 g/mol. The molecule has 0 bridgehead atoms. The van der Waals surface area contributed by atoms with Crippen molar-refractivity contribution in [3.63, 3.8) is 0 Å². The van der Waals surface area contributed by atoms with E-state index in [1.807, 2.05) is 0 Å². The van der Waals surface area contributed by atoms with Gasteiger partial charge < -0.3 is 5.32 Å². The van der Waals surface area contributed by atoms with Crippen LogP contribution in [0.15, 0.2) is 24.3 Å². The van der Waals surface area contributed by atoms with Crippen LogP contribution in [0.2, 0.25) is 0 Å². The molecule has 1 rings (SSSR count). The number of hydrogen-bond donors (Lipinski definition) is 1. The summed E-state index contributed by atoms with van der Waals surface area (Å²) in [4.78, 5) is 0. The summed E-state index contributed by atoms with van der Waals surface area (Å²) < 4.78 is 0. The zero-order chi connectivity index (χ0) is 13.4. The van der Waals surface area contributed by atoms with Crippen molar-refractivity contribution >= 4 is 0 Å². The fraction of sp³-hybridized carbons (Fsp3) is 0.647. The molecular formula is C17H29N. The van der Waals surface area contributed by atoms with E-state index in [1.165, 1.54) is 36.8 Å².